The first-order valence-electron chi connectivity index (χ1n) is 4.36. The van der Waals surface area contributed by atoms with Crippen LogP contribution in [0, 0.1) is 0 Å². The second-order valence-electron chi connectivity index (χ2n) is 2.97. The lowest BCUT2D eigenvalue weighted by Crippen LogP contribution is -2.06. The second kappa shape index (κ2) is 5.98. The van der Waals surface area contributed by atoms with E-state index in [0.717, 1.165) is 22.6 Å². The van der Waals surface area contributed by atoms with Crippen molar-refractivity contribution in [1.29, 1.82) is 0 Å². The Hall–Kier alpha value is -0.610. The number of ether oxygens (including phenoxy) is 1. The lowest BCUT2D eigenvalue weighted by molar-refractivity contribution is 0.140. The van der Waals surface area contributed by atoms with Crippen LogP contribution in [0.15, 0.2) is 18.2 Å². The molecule has 0 unspecified atom stereocenters. The van der Waals surface area contributed by atoms with Crippen LogP contribution < -0.4 is 5.90 Å². The number of nitrogens with two attached hydrogens (primary N) is 1. The third-order valence-corrected chi connectivity index (χ3v) is 2.19. The summed E-state index contributed by atoms with van der Waals surface area (Å²) in [6.45, 7) is 1.06. The highest BCUT2D eigenvalue weighted by molar-refractivity contribution is 6.30. The summed E-state index contributed by atoms with van der Waals surface area (Å²) in [5.41, 5.74) is 2.23. The molecule has 0 atom stereocenters. The molecule has 0 saturated carbocycles. The van der Waals surface area contributed by atoms with Gasteiger partial charge in [-0.15, -0.1) is 0 Å². The summed E-state index contributed by atoms with van der Waals surface area (Å²) >= 11 is 5.88. The van der Waals surface area contributed by atoms with Gasteiger partial charge in [0.05, 0.1) is 13.2 Å². The number of rotatable bonds is 5. The molecule has 78 valence electrons. The molecular formula is C10H14ClNO2. The van der Waals surface area contributed by atoms with Crippen molar-refractivity contribution in [3.63, 3.8) is 0 Å². The Kier molecular flexibility index (Phi) is 4.90. The van der Waals surface area contributed by atoms with Gasteiger partial charge in [0, 0.05) is 12.1 Å². The van der Waals surface area contributed by atoms with Crippen molar-refractivity contribution in [1.82, 2.24) is 0 Å². The third kappa shape index (κ3) is 3.27. The van der Waals surface area contributed by atoms with Crippen LogP contribution in [-0.4, -0.2) is 13.7 Å². The van der Waals surface area contributed by atoms with Gasteiger partial charge < -0.3 is 9.57 Å². The van der Waals surface area contributed by atoms with Gasteiger partial charge in [0.1, 0.15) is 0 Å². The van der Waals surface area contributed by atoms with Crippen LogP contribution in [-0.2, 0) is 22.6 Å². The summed E-state index contributed by atoms with van der Waals surface area (Å²) in [6.07, 6.45) is 0.746. The molecule has 0 saturated heterocycles. The zero-order valence-electron chi connectivity index (χ0n) is 8.13. The summed E-state index contributed by atoms with van der Waals surface area (Å²) in [5, 5.41) is 0.719. The molecule has 0 amide bonds. The van der Waals surface area contributed by atoms with Crippen LogP contribution in [0.1, 0.15) is 11.1 Å². The average Bonchev–Trinajstić information content (AvgIpc) is 2.18. The van der Waals surface area contributed by atoms with E-state index < -0.39 is 0 Å². The standard InChI is InChI=1S/C10H14ClNO2/c1-13-7-9-2-3-10(11)6-8(9)4-5-14-12/h2-3,6H,4-5,7,12H2,1H3. The fourth-order valence-electron chi connectivity index (χ4n) is 1.29. The smallest absolute Gasteiger partial charge is 0.0719 e. The molecule has 0 spiro atoms. The summed E-state index contributed by atoms with van der Waals surface area (Å²) in [6, 6.07) is 5.72. The topological polar surface area (TPSA) is 44.5 Å². The van der Waals surface area contributed by atoms with Gasteiger partial charge in [-0.2, -0.15) is 0 Å². The van der Waals surface area contributed by atoms with Crippen molar-refractivity contribution in [2.45, 2.75) is 13.0 Å². The molecule has 0 fully saturated rings. The molecule has 4 heteroatoms. The van der Waals surface area contributed by atoms with Crippen LogP contribution in [0.3, 0.4) is 0 Å². The van der Waals surface area contributed by atoms with Gasteiger partial charge in [-0.3, -0.25) is 0 Å². The minimum Gasteiger partial charge on any atom is -0.380 e. The minimum absolute atomic E-state index is 0.483. The molecule has 14 heavy (non-hydrogen) atoms. The van der Waals surface area contributed by atoms with E-state index in [1.54, 1.807) is 7.11 Å². The largest absolute Gasteiger partial charge is 0.380 e. The maximum Gasteiger partial charge on any atom is 0.0719 e. The van der Waals surface area contributed by atoms with Gasteiger partial charge in [-0.25, -0.2) is 5.90 Å². The Morgan fingerprint density at radius 3 is 2.79 bits per heavy atom. The van der Waals surface area contributed by atoms with Crippen LogP contribution in [0.25, 0.3) is 0 Å². The van der Waals surface area contributed by atoms with Crippen LogP contribution in [0.5, 0.6) is 0 Å². The highest BCUT2D eigenvalue weighted by Crippen LogP contribution is 2.17. The summed E-state index contributed by atoms with van der Waals surface area (Å²) in [4.78, 5) is 4.53. The van der Waals surface area contributed by atoms with E-state index in [9.17, 15) is 0 Å². The number of hydrogen-bond acceptors (Lipinski definition) is 3. The molecule has 3 nitrogen and oxygen atoms in total. The van der Waals surface area contributed by atoms with E-state index in [0.29, 0.717) is 13.2 Å². The first-order chi connectivity index (χ1) is 6.77. The SMILES string of the molecule is COCc1ccc(Cl)cc1CCON. The molecule has 0 aliphatic carbocycles. The number of benzene rings is 1. The predicted octanol–water partition coefficient (Wildman–Crippen LogP) is 1.92. The van der Waals surface area contributed by atoms with Crippen LogP contribution in [0.2, 0.25) is 5.02 Å². The Morgan fingerprint density at radius 1 is 1.36 bits per heavy atom. The van der Waals surface area contributed by atoms with Crippen molar-refractivity contribution >= 4 is 11.6 Å². The monoisotopic (exact) mass is 215 g/mol. The van der Waals surface area contributed by atoms with Gasteiger partial charge in [-0.1, -0.05) is 17.7 Å². The maximum absolute atomic E-state index is 5.88. The Balaban J connectivity index is 2.79. The molecule has 0 aromatic heterocycles. The van der Waals surface area contributed by atoms with Crippen molar-refractivity contribution < 1.29 is 9.57 Å². The van der Waals surface area contributed by atoms with Crippen molar-refractivity contribution in [3.05, 3.63) is 34.3 Å². The summed E-state index contributed by atoms with van der Waals surface area (Å²) < 4.78 is 5.07. The van der Waals surface area contributed by atoms with E-state index in [2.05, 4.69) is 4.84 Å². The predicted molar refractivity (Wildman–Crippen MR) is 56.0 cm³/mol. The van der Waals surface area contributed by atoms with Gasteiger partial charge >= 0.3 is 0 Å². The van der Waals surface area contributed by atoms with Gasteiger partial charge in [0.2, 0.25) is 0 Å². The Morgan fingerprint density at radius 2 is 2.14 bits per heavy atom. The summed E-state index contributed by atoms with van der Waals surface area (Å²) in [7, 11) is 1.66. The first-order valence-corrected chi connectivity index (χ1v) is 4.73. The lowest BCUT2D eigenvalue weighted by Gasteiger charge is -2.08. The average molecular weight is 216 g/mol. The molecule has 0 bridgehead atoms. The normalized spacial score (nSPS) is 10.5. The van der Waals surface area contributed by atoms with E-state index in [1.165, 1.54) is 0 Å². The second-order valence-corrected chi connectivity index (χ2v) is 3.40. The minimum atomic E-state index is 0.483. The summed E-state index contributed by atoms with van der Waals surface area (Å²) in [5.74, 6) is 4.97. The molecule has 0 radical (unpaired) electrons. The van der Waals surface area contributed by atoms with Crippen LogP contribution in [0.4, 0.5) is 0 Å². The molecule has 1 aromatic carbocycles. The van der Waals surface area contributed by atoms with Crippen molar-refractivity contribution in [3.8, 4) is 0 Å². The van der Waals surface area contributed by atoms with E-state index in [1.807, 2.05) is 18.2 Å². The number of methoxy groups -OCH3 is 1. The lowest BCUT2D eigenvalue weighted by atomic mass is 10.1. The quantitative estimate of drug-likeness (QED) is 0.764. The maximum atomic E-state index is 5.88. The van der Waals surface area contributed by atoms with Gasteiger partial charge in [0.25, 0.3) is 0 Å². The highest BCUT2D eigenvalue weighted by Gasteiger charge is 2.03. The van der Waals surface area contributed by atoms with E-state index >= 15 is 0 Å². The van der Waals surface area contributed by atoms with Crippen LogP contribution >= 0.6 is 11.6 Å². The Labute approximate surface area is 88.7 Å². The molecule has 0 aliphatic heterocycles. The highest BCUT2D eigenvalue weighted by atomic mass is 35.5. The fraction of sp³-hybridized carbons (Fsp3) is 0.400. The Bertz CT molecular complexity index is 291. The molecule has 1 rings (SSSR count). The molecule has 0 aliphatic rings. The molecule has 1 aromatic rings. The van der Waals surface area contributed by atoms with E-state index in [4.69, 9.17) is 22.2 Å². The molecular weight excluding hydrogens is 202 g/mol. The first kappa shape index (κ1) is 11.5. The molecule has 2 N–H and O–H groups in total. The molecule has 0 heterocycles. The van der Waals surface area contributed by atoms with Gasteiger partial charge in [0.15, 0.2) is 0 Å². The van der Waals surface area contributed by atoms with Crippen molar-refractivity contribution in [2.24, 2.45) is 5.90 Å². The zero-order chi connectivity index (χ0) is 10.4. The number of hydrogen-bond donors (Lipinski definition) is 1. The fourth-order valence-corrected chi connectivity index (χ4v) is 1.49. The van der Waals surface area contributed by atoms with Gasteiger partial charge in [-0.05, 0) is 29.7 Å². The zero-order valence-corrected chi connectivity index (χ0v) is 8.88. The third-order valence-electron chi connectivity index (χ3n) is 1.96. The number of halogens is 1. The van der Waals surface area contributed by atoms with Crippen molar-refractivity contribution in [2.75, 3.05) is 13.7 Å². The van der Waals surface area contributed by atoms with E-state index in [-0.39, 0.29) is 0 Å².